The van der Waals surface area contributed by atoms with E-state index in [4.69, 9.17) is 11.6 Å². The van der Waals surface area contributed by atoms with Crippen LogP contribution in [0.3, 0.4) is 0 Å². The second kappa shape index (κ2) is 6.65. The lowest BCUT2D eigenvalue weighted by Gasteiger charge is -2.25. The molecule has 0 spiro atoms. The standard InChI is InChI=1S/C20H23ClN4O/c1-20(26,19-12-22-7-8-23-19)13-25-17-4-3-14(21)11-16(17)15-5-9-24(2)10-6-18(15)25/h3-4,7-8,11-12,26H,5-6,9-10,13H2,1-2H3. The monoisotopic (exact) mass is 370 g/mol. The maximum atomic E-state index is 11.1. The predicted molar refractivity (Wildman–Crippen MR) is 103 cm³/mol. The third kappa shape index (κ3) is 3.11. The van der Waals surface area contributed by atoms with E-state index in [1.807, 2.05) is 6.07 Å². The molecule has 1 atom stereocenters. The molecule has 1 aromatic carbocycles. The van der Waals surface area contributed by atoms with Crippen molar-refractivity contribution in [2.45, 2.75) is 31.9 Å². The normalized spacial score (nSPS) is 17.7. The molecule has 6 heteroatoms. The number of hydrogen-bond donors (Lipinski definition) is 1. The molecule has 3 aromatic rings. The number of rotatable bonds is 3. The maximum Gasteiger partial charge on any atom is 0.123 e. The van der Waals surface area contributed by atoms with E-state index in [2.05, 4.69) is 38.6 Å². The second-order valence-electron chi connectivity index (χ2n) is 7.34. The van der Waals surface area contributed by atoms with Gasteiger partial charge in [0.2, 0.25) is 0 Å². The van der Waals surface area contributed by atoms with Crippen molar-refractivity contribution in [3.8, 4) is 0 Å². The average Bonchev–Trinajstić information content (AvgIpc) is 2.76. The lowest BCUT2D eigenvalue weighted by Crippen LogP contribution is -2.30. The predicted octanol–water partition coefficient (Wildman–Crippen LogP) is 3.02. The summed E-state index contributed by atoms with van der Waals surface area (Å²) in [6, 6.07) is 6.03. The summed E-state index contributed by atoms with van der Waals surface area (Å²) in [5.41, 5.74) is 3.23. The summed E-state index contributed by atoms with van der Waals surface area (Å²) in [6.45, 7) is 4.26. The van der Waals surface area contributed by atoms with Crippen molar-refractivity contribution in [2.24, 2.45) is 0 Å². The Morgan fingerprint density at radius 1 is 1.23 bits per heavy atom. The number of benzene rings is 1. The second-order valence-corrected chi connectivity index (χ2v) is 7.78. The summed E-state index contributed by atoms with van der Waals surface area (Å²) in [5, 5.41) is 13.1. The number of likely N-dealkylation sites (N-methyl/N-ethyl adjacent to an activating group) is 1. The molecule has 1 aliphatic rings. The van der Waals surface area contributed by atoms with Crippen LogP contribution in [0, 0.1) is 0 Å². The third-order valence-corrected chi connectivity index (χ3v) is 5.54. The summed E-state index contributed by atoms with van der Waals surface area (Å²) in [4.78, 5) is 10.8. The van der Waals surface area contributed by atoms with Gasteiger partial charge in [0.15, 0.2) is 0 Å². The minimum absolute atomic E-state index is 0.433. The summed E-state index contributed by atoms with van der Waals surface area (Å²) in [5.74, 6) is 0. The van der Waals surface area contributed by atoms with Gasteiger partial charge in [-0.3, -0.25) is 9.97 Å². The Morgan fingerprint density at radius 2 is 2.04 bits per heavy atom. The molecule has 0 fully saturated rings. The van der Waals surface area contributed by atoms with Gasteiger partial charge in [-0.2, -0.15) is 0 Å². The van der Waals surface area contributed by atoms with Crippen LogP contribution in [-0.2, 0) is 25.0 Å². The zero-order valence-corrected chi connectivity index (χ0v) is 15.9. The summed E-state index contributed by atoms with van der Waals surface area (Å²) in [7, 11) is 2.15. The van der Waals surface area contributed by atoms with Gasteiger partial charge in [-0.1, -0.05) is 11.6 Å². The first kappa shape index (κ1) is 17.5. The molecule has 1 unspecified atom stereocenters. The first-order chi connectivity index (χ1) is 12.5. The molecule has 5 nitrogen and oxygen atoms in total. The Labute approximate surface area is 158 Å². The van der Waals surface area contributed by atoms with Crippen molar-refractivity contribution in [1.29, 1.82) is 0 Å². The molecule has 0 amide bonds. The molecule has 0 radical (unpaired) electrons. The minimum Gasteiger partial charge on any atom is -0.382 e. The molecule has 0 saturated carbocycles. The highest BCUT2D eigenvalue weighted by Crippen LogP contribution is 2.33. The fourth-order valence-corrected chi connectivity index (χ4v) is 4.04. The molecule has 1 aliphatic heterocycles. The maximum absolute atomic E-state index is 11.1. The van der Waals surface area contributed by atoms with Crippen LogP contribution >= 0.6 is 11.6 Å². The third-order valence-electron chi connectivity index (χ3n) is 5.30. The lowest BCUT2D eigenvalue weighted by atomic mass is 10.0. The molecule has 1 N–H and O–H groups in total. The quantitative estimate of drug-likeness (QED) is 0.770. The van der Waals surface area contributed by atoms with E-state index in [9.17, 15) is 5.11 Å². The van der Waals surface area contributed by atoms with Gasteiger partial charge in [0.1, 0.15) is 5.60 Å². The summed E-state index contributed by atoms with van der Waals surface area (Å²) in [6.07, 6.45) is 6.81. The van der Waals surface area contributed by atoms with Crippen LogP contribution in [0.2, 0.25) is 5.02 Å². The topological polar surface area (TPSA) is 54.2 Å². The Morgan fingerprint density at radius 3 is 2.81 bits per heavy atom. The van der Waals surface area contributed by atoms with Crippen molar-refractivity contribution in [1.82, 2.24) is 19.4 Å². The average molecular weight is 371 g/mol. The molecule has 4 rings (SSSR count). The van der Waals surface area contributed by atoms with Crippen LogP contribution in [0.25, 0.3) is 10.9 Å². The van der Waals surface area contributed by atoms with Crippen LogP contribution in [0.1, 0.15) is 23.9 Å². The van der Waals surface area contributed by atoms with E-state index in [0.717, 1.165) is 36.5 Å². The molecular formula is C20H23ClN4O. The molecule has 0 aliphatic carbocycles. The highest BCUT2D eigenvalue weighted by atomic mass is 35.5. The van der Waals surface area contributed by atoms with Gasteiger partial charge < -0.3 is 14.6 Å². The van der Waals surface area contributed by atoms with E-state index in [1.165, 1.54) is 16.6 Å². The van der Waals surface area contributed by atoms with Gasteiger partial charge in [0.05, 0.1) is 18.4 Å². The Hall–Kier alpha value is -1.95. The number of hydrogen-bond acceptors (Lipinski definition) is 4. The molecule has 26 heavy (non-hydrogen) atoms. The summed E-state index contributed by atoms with van der Waals surface area (Å²) >= 11 is 6.28. The Kier molecular flexibility index (Phi) is 4.47. The fraction of sp³-hybridized carbons (Fsp3) is 0.400. The number of aromatic nitrogens is 3. The van der Waals surface area contributed by atoms with Gasteiger partial charge in [-0.05, 0) is 44.2 Å². The van der Waals surface area contributed by atoms with Crippen LogP contribution in [-0.4, -0.2) is 44.7 Å². The van der Waals surface area contributed by atoms with Crippen LogP contribution in [0.4, 0.5) is 0 Å². The number of fused-ring (bicyclic) bond motifs is 3. The minimum atomic E-state index is -1.11. The lowest BCUT2D eigenvalue weighted by molar-refractivity contribution is 0.0340. The number of aliphatic hydroxyl groups is 1. The van der Waals surface area contributed by atoms with Crippen LogP contribution in [0.15, 0.2) is 36.8 Å². The number of halogens is 1. The van der Waals surface area contributed by atoms with E-state index in [1.54, 1.807) is 25.5 Å². The van der Waals surface area contributed by atoms with Crippen molar-refractivity contribution in [3.05, 3.63) is 58.8 Å². The molecular weight excluding hydrogens is 348 g/mol. The molecule has 2 aromatic heterocycles. The van der Waals surface area contributed by atoms with Gasteiger partial charge in [-0.25, -0.2) is 0 Å². The summed E-state index contributed by atoms with van der Waals surface area (Å²) < 4.78 is 2.24. The number of nitrogens with zero attached hydrogens (tertiary/aromatic N) is 4. The van der Waals surface area contributed by atoms with E-state index >= 15 is 0 Å². The van der Waals surface area contributed by atoms with E-state index < -0.39 is 5.60 Å². The van der Waals surface area contributed by atoms with Crippen molar-refractivity contribution < 1.29 is 5.11 Å². The van der Waals surface area contributed by atoms with Crippen LogP contribution < -0.4 is 0 Å². The zero-order valence-electron chi connectivity index (χ0n) is 15.1. The van der Waals surface area contributed by atoms with Crippen LogP contribution in [0.5, 0.6) is 0 Å². The smallest absolute Gasteiger partial charge is 0.123 e. The molecule has 0 saturated heterocycles. The fourth-order valence-electron chi connectivity index (χ4n) is 3.87. The van der Waals surface area contributed by atoms with Crippen molar-refractivity contribution >= 4 is 22.5 Å². The molecule has 0 bridgehead atoms. The molecule has 136 valence electrons. The first-order valence-electron chi connectivity index (χ1n) is 8.92. The highest BCUT2D eigenvalue weighted by Gasteiger charge is 2.29. The van der Waals surface area contributed by atoms with E-state index in [0.29, 0.717) is 12.2 Å². The van der Waals surface area contributed by atoms with E-state index in [-0.39, 0.29) is 0 Å². The van der Waals surface area contributed by atoms with Gasteiger partial charge in [0, 0.05) is 53.5 Å². The molecule has 3 heterocycles. The van der Waals surface area contributed by atoms with Crippen molar-refractivity contribution in [2.75, 3.05) is 20.1 Å². The van der Waals surface area contributed by atoms with Gasteiger partial charge >= 0.3 is 0 Å². The highest BCUT2D eigenvalue weighted by molar-refractivity contribution is 6.31. The first-order valence-corrected chi connectivity index (χ1v) is 9.30. The SMILES string of the molecule is CN1CCc2c(n(CC(C)(O)c3cnccn3)c3ccc(Cl)cc23)CC1. The van der Waals surface area contributed by atoms with Gasteiger partial charge in [-0.15, -0.1) is 0 Å². The van der Waals surface area contributed by atoms with Gasteiger partial charge in [0.25, 0.3) is 0 Å². The largest absolute Gasteiger partial charge is 0.382 e. The van der Waals surface area contributed by atoms with Crippen molar-refractivity contribution in [3.63, 3.8) is 0 Å². The Balaban J connectivity index is 1.84. The zero-order chi connectivity index (χ0) is 18.3. The Bertz CT molecular complexity index is 936.